The molecule has 1 atom stereocenters. The first-order valence-corrected chi connectivity index (χ1v) is 7.63. The number of carbonyl (C=O) groups is 1. The molecule has 0 spiro atoms. The molecular formula is C16H21NO5. The Labute approximate surface area is 129 Å². The van der Waals surface area contributed by atoms with Gasteiger partial charge in [0.2, 0.25) is 0 Å². The van der Waals surface area contributed by atoms with Gasteiger partial charge >= 0.3 is 5.97 Å². The molecule has 2 aliphatic heterocycles. The fourth-order valence-electron chi connectivity index (χ4n) is 2.61. The maximum Gasteiger partial charge on any atom is 0.338 e. The average Bonchev–Trinajstić information content (AvgIpc) is 2.55. The van der Waals surface area contributed by atoms with Gasteiger partial charge in [-0.1, -0.05) is 0 Å². The van der Waals surface area contributed by atoms with Gasteiger partial charge in [0, 0.05) is 19.6 Å². The Bertz CT molecular complexity index is 527. The second-order valence-corrected chi connectivity index (χ2v) is 5.49. The molecule has 6 heteroatoms. The Balaban J connectivity index is 1.56. The summed E-state index contributed by atoms with van der Waals surface area (Å²) in [4.78, 5) is 14.5. The molecule has 0 aliphatic carbocycles. The Morgan fingerprint density at radius 2 is 1.91 bits per heavy atom. The molecule has 1 aromatic carbocycles. The Hall–Kier alpha value is -1.79. The molecule has 0 N–H and O–H groups in total. The van der Waals surface area contributed by atoms with Crippen LogP contribution in [0, 0.1) is 0 Å². The topological polar surface area (TPSA) is 57.2 Å². The summed E-state index contributed by atoms with van der Waals surface area (Å²) < 4.78 is 21.8. The van der Waals surface area contributed by atoms with Crippen LogP contribution in [0.1, 0.15) is 17.3 Å². The van der Waals surface area contributed by atoms with E-state index in [4.69, 9.17) is 18.9 Å². The molecule has 0 unspecified atom stereocenters. The minimum Gasteiger partial charge on any atom is -0.486 e. The minimum absolute atomic E-state index is 0.168. The molecule has 0 saturated carbocycles. The summed E-state index contributed by atoms with van der Waals surface area (Å²) in [6.45, 7) is 6.90. The second-order valence-electron chi connectivity index (χ2n) is 5.49. The van der Waals surface area contributed by atoms with Crippen LogP contribution in [-0.4, -0.2) is 63.0 Å². The number of fused-ring (bicyclic) bond motifs is 1. The number of esters is 1. The second kappa shape index (κ2) is 6.98. The van der Waals surface area contributed by atoms with Gasteiger partial charge in [-0.25, -0.2) is 4.79 Å². The van der Waals surface area contributed by atoms with E-state index in [9.17, 15) is 4.79 Å². The van der Waals surface area contributed by atoms with Crippen molar-refractivity contribution in [2.45, 2.75) is 13.0 Å². The first-order chi connectivity index (χ1) is 10.7. The van der Waals surface area contributed by atoms with E-state index in [2.05, 4.69) is 4.90 Å². The molecule has 0 aromatic heterocycles. The summed E-state index contributed by atoms with van der Waals surface area (Å²) in [5, 5.41) is 0. The predicted molar refractivity (Wildman–Crippen MR) is 79.6 cm³/mol. The molecule has 22 heavy (non-hydrogen) atoms. The summed E-state index contributed by atoms with van der Waals surface area (Å²) in [5.74, 6) is 0.934. The summed E-state index contributed by atoms with van der Waals surface area (Å²) in [6.07, 6.45) is -0.168. The van der Waals surface area contributed by atoms with Crippen molar-refractivity contribution in [1.82, 2.24) is 4.90 Å². The zero-order chi connectivity index (χ0) is 15.4. The van der Waals surface area contributed by atoms with E-state index in [1.807, 2.05) is 6.92 Å². The molecular weight excluding hydrogens is 286 g/mol. The van der Waals surface area contributed by atoms with E-state index in [0.29, 0.717) is 30.3 Å². The standard InChI is InChI=1S/C16H21NO5/c1-12(11-17-4-6-19-7-5-17)22-16(18)13-2-3-14-15(10-13)21-9-8-20-14/h2-3,10,12H,4-9,11H2,1H3/t12-/m0/s1. The van der Waals surface area contributed by atoms with E-state index in [1.165, 1.54) is 0 Å². The van der Waals surface area contributed by atoms with E-state index < -0.39 is 0 Å². The zero-order valence-corrected chi connectivity index (χ0v) is 12.7. The number of benzene rings is 1. The van der Waals surface area contributed by atoms with Gasteiger partial charge in [-0.2, -0.15) is 0 Å². The molecule has 2 heterocycles. The van der Waals surface area contributed by atoms with Crippen LogP contribution in [0.2, 0.25) is 0 Å². The molecule has 2 aliphatic rings. The fourth-order valence-corrected chi connectivity index (χ4v) is 2.61. The minimum atomic E-state index is -0.335. The number of nitrogens with zero attached hydrogens (tertiary/aromatic N) is 1. The summed E-state index contributed by atoms with van der Waals surface area (Å²) in [7, 11) is 0. The fraction of sp³-hybridized carbons (Fsp3) is 0.562. The maximum atomic E-state index is 12.2. The third-order valence-corrected chi connectivity index (χ3v) is 3.71. The van der Waals surface area contributed by atoms with Crippen molar-refractivity contribution in [3.05, 3.63) is 23.8 Å². The number of carbonyl (C=O) groups excluding carboxylic acids is 1. The number of morpholine rings is 1. The van der Waals surface area contributed by atoms with Crippen LogP contribution in [0.15, 0.2) is 18.2 Å². The third kappa shape index (κ3) is 3.69. The van der Waals surface area contributed by atoms with Crippen molar-refractivity contribution in [3.63, 3.8) is 0 Å². The number of hydrogen-bond acceptors (Lipinski definition) is 6. The highest BCUT2D eigenvalue weighted by molar-refractivity contribution is 5.90. The molecule has 1 fully saturated rings. The maximum absolute atomic E-state index is 12.2. The molecule has 0 bridgehead atoms. The van der Waals surface area contributed by atoms with Gasteiger partial charge in [-0.15, -0.1) is 0 Å². The van der Waals surface area contributed by atoms with Crippen molar-refractivity contribution in [1.29, 1.82) is 0 Å². The molecule has 6 nitrogen and oxygen atoms in total. The SMILES string of the molecule is C[C@@H](CN1CCOCC1)OC(=O)c1ccc2c(c1)OCCO2. The predicted octanol–water partition coefficient (Wildman–Crippen LogP) is 1.34. The van der Waals surface area contributed by atoms with Gasteiger partial charge in [0.1, 0.15) is 19.3 Å². The lowest BCUT2D eigenvalue weighted by Gasteiger charge is -2.28. The van der Waals surface area contributed by atoms with Crippen molar-refractivity contribution in [2.24, 2.45) is 0 Å². The number of ether oxygens (including phenoxy) is 4. The van der Waals surface area contributed by atoms with Gasteiger partial charge in [0.05, 0.1) is 18.8 Å². The van der Waals surface area contributed by atoms with E-state index in [1.54, 1.807) is 18.2 Å². The van der Waals surface area contributed by atoms with Gasteiger partial charge in [0.25, 0.3) is 0 Å². The van der Waals surface area contributed by atoms with Crippen LogP contribution in [0.3, 0.4) is 0 Å². The van der Waals surface area contributed by atoms with Crippen LogP contribution < -0.4 is 9.47 Å². The van der Waals surface area contributed by atoms with Crippen LogP contribution in [0.5, 0.6) is 11.5 Å². The first-order valence-electron chi connectivity index (χ1n) is 7.63. The molecule has 120 valence electrons. The Morgan fingerprint density at radius 1 is 1.18 bits per heavy atom. The lowest BCUT2D eigenvalue weighted by atomic mass is 10.2. The van der Waals surface area contributed by atoms with Gasteiger partial charge in [-0.05, 0) is 25.1 Å². The summed E-state index contributed by atoms with van der Waals surface area (Å²) in [5.41, 5.74) is 0.484. The monoisotopic (exact) mass is 307 g/mol. The van der Waals surface area contributed by atoms with Crippen LogP contribution in [0.25, 0.3) is 0 Å². The summed E-state index contributed by atoms with van der Waals surface area (Å²) >= 11 is 0. The molecule has 1 aromatic rings. The zero-order valence-electron chi connectivity index (χ0n) is 12.7. The first kappa shape index (κ1) is 15.1. The normalized spacial score (nSPS) is 19.5. The molecule has 3 rings (SSSR count). The van der Waals surface area contributed by atoms with Crippen molar-refractivity contribution in [3.8, 4) is 11.5 Å². The van der Waals surface area contributed by atoms with Crippen molar-refractivity contribution < 1.29 is 23.7 Å². The molecule has 0 amide bonds. The average molecular weight is 307 g/mol. The Morgan fingerprint density at radius 3 is 2.68 bits per heavy atom. The van der Waals surface area contributed by atoms with E-state index in [-0.39, 0.29) is 12.1 Å². The summed E-state index contributed by atoms with van der Waals surface area (Å²) in [6, 6.07) is 5.13. The van der Waals surface area contributed by atoms with Gasteiger partial charge < -0.3 is 18.9 Å². The molecule has 0 radical (unpaired) electrons. The largest absolute Gasteiger partial charge is 0.486 e. The van der Waals surface area contributed by atoms with E-state index in [0.717, 1.165) is 32.8 Å². The highest BCUT2D eigenvalue weighted by Crippen LogP contribution is 2.31. The highest BCUT2D eigenvalue weighted by atomic mass is 16.6. The lowest BCUT2D eigenvalue weighted by Crippen LogP contribution is -2.41. The van der Waals surface area contributed by atoms with Crippen molar-refractivity contribution in [2.75, 3.05) is 46.1 Å². The van der Waals surface area contributed by atoms with Crippen LogP contribution >= 0.6 is 0 Å². The highest BCUT2D eigenvalue weighted by Gasteiger charge is 2.19. The van der Waals surface area contributed by atoms with E-state index >= 15 is 0 Å². The quantitative estimate of drug-likeness (QED) is 0.782. The number of rotatable bonds is 4. The smallest absolute Gasteiger partial charge is 0.338 e. The van der Waals surface area contributed by atoms with Gasteiger partial charge in [0.15, 0.2) is 11.5 Å². The third-order valence-electron chi connectivity index (χ3n) is 3.71. The van der Waals surface area contributed by atoms with Gasteiger partial charge in [-0.3, -0.25) is 4.90 Å². The lowest BCUT2D eigenvalue weighted by molar-refractivity contribution is 0.000412. The Kier molecular flexibility index (Phi) is 4.80. The van der Waals surface area contributed by atoms with Crippen LogP contribution in [-0.2, 0) is 9.47 Å². The molecule has 1 saturated heterocycles. The van der Waals surface area contributed by atoms with Crippen molar-refractivity contribution >= 4 is 5.97 Å². The number of hydrogen-bond donors (Lipinski definition) is 0. The van der Waals surface area contributed by atoms with Crippen LogP contribution in [0.4, 0.5) is 0 Å².